The highest BCUT2D eigenvalue weighted by atomic mass is 19.1. The molecule has 0 fully saturated rings. The number of nitrogens with zero attached hydrogens (tertiary/aromatic N) is 3. The van der Waals surface area contributed by atoms with Crippen molar-refractivity contribution in [2.45, 2.75) is 19.4 Å². The number of aliphatic imine (C=N–C) groups is 1. The molecule has 1 unspecified atom stereocenters. The minimum Gasteiger partial charge on any atom is -0.356 e. The lowest BCUT2D eigenvalue weighted by atomic mass is 10.0. The quantitative estimate of drug-likeness (QED) is 0.519. The van der Waals surface area contributed by atoms with Crippen LogP contribution in [0.4, 0.5) is 4.39 Å². The van der Waals surface area contributed by atoms with Crippen molar-refractivity contribution in [1.82, 2.24) is 20.2 Å². The molecule has 0 aliphatic heterocycles. The second-order valence-corrected chi connectivity index (χ2v) is 6.37. The monoisotopic (exact) mass is 365 g/mol. The average Bonchev–Trinajstić information content (AvgIpc) is 3.23. The Bertz CT molecular complexity index is 875. The van der Waals surface area contributed by atoms with E-state index in [1.54, 1.807) is 36.4 Å². The molecule has 0 aliphatic rings. The molecular weight excluding hydrogens is 341 g/mol. The van der Waals surface area contributed by atoms with Gasteiger partial charge in [-0.05, 0) is 29.2 Å². The van der Waals surface area contributed by atoms with E-state index < -0.39 is 0 Å². The minimum atomic E-state index is -0.284. The third kappa shape index (κ3) is 4.94. The molecule has 140 valence electrons. The Morgan fingerprint density at radius 2 is 2.00 bits per heavy atom. The smallest absolute Gasteiger partial charge is 0.191 e. The molecule has 2 N–H and O–H groups in total. The molecular formula is C21H24FN5. The Labute approximate surface area is 159 Å². The molecule has 1 heterocycles. The number of guanidine groups is 1. The molecule has 27 heavy (non-hydrogen) atoms. The summed E-state index contributed by atoms with van der Waals surface area (Å²) in [6.45, 7) is 3.41. The Hall–Kier alpha value is -3.15. The van der Waals surface area contributed by atoms with E-state index >= 15 is 0 Å². The number of rotatable bonds is 6. The highest BCUT2D eigenvalue weighted by Crippen LogP contribution is 2.15. The zero-order valence-electron chi connectivity index (χ0n) is 15.6. The summed E-state index contributed by atoms with van der Waals surface area (Å²) in [5.41, 5.74) is 2.60. The molecule has 0 amide bonds. The van der Waals surface area contributed by atoms with Crippen LogP contribution in [0.25, 0.3) is 5.69 Å². The molecule has 6 heteroatoms. The highest BCUT2D eigenvalue weighted by Gasteiger charge is 2.08. The van der Waals surface area contributed by atoms with E-state index in [-0.39, 0.29) is 5.82 Å². The number of nitrogens with one attached hydrogen (secondary N) is 2. The van der Waals surface area contributed by atoms with Gasteiger partial charge in [0, 0.05) is 32.5 Å². The predicted octanol–water partition coefficient (Wildman–Crippen LogP) is 3.48. The van der Waals surface area contributed by atoms with Crippen molar-refractivity contribution < 1.29 is 4.39 Å². The summed E-state index contributed by atoms with van der Waals surface area (Å²) in [7, 11) is 1.73. The van der Waals surface area contributed by atoms with Crippen molar-refractivity contribution in [1.29, 1.82) is 0 Å². The highest BCUT2D eigenvalue weighted by molar-refractivity contribution is 5.79. The molecule has 5 nitrogen and oxygen atoms in total. The summed E-state index contributed by atoms with van der Waals surface area (Å²) in [6.07, 6.45) is 4.92. The first-order valence-electron chi connectivity index (χ1n) is 8.93. The Morgan fingerprint density at radius 3 is 2.67 bits per heavy atom. The maximum absolute atomic E-state index is 14.3. The van der Waals surface area contributed by atoms with Crippen LogP contribution in [0.5, 0.6) is 0 Å². The van der Waals surface area contributed by atoms with Crippen LogP contribution in [-0.2, 0) is 6.54 Å². The first-order valence-corrected chi connectivity index (χ1v) is 8.93. The van der Waals surface area contributed by atoms with Gasteiger partial charge in [-0.3, -0.25) is 4.99 Å². The second kappa shape index (κ2) is 8.98. The van der Waals surface area contributed by atoms with Gasteiger partial charge in [-0.25, -0.2) is 9.37 Å². The lowest BCUT2D eigenvalue weighted by Gasteiger charge is -2.16. The van der Waals surface area contributed by atoms with Gasteiger partial charge in [-0.2, -0.15) is 0 Å². The van der Waals surface area contributed by atoms with Gasteiger partial charge in [-0.15, -0.1) is 0 Å². The topological polar surface area (TPSA) is 54.2 Å². The Kier molecular flexibility index (Phi) is 6.20. The molecule has 2 aromatic carbocycles. The lowest BCUT2D eigenvalue weighted by Crippen LogP contribution is -2.38. The number of aromatic nitrogens is 2. The SMILES string of the molecule is CN=C(NCc1ccc(-n2ccnc2)c(F)c1)NCC(C)c1ccccc1. The van der Waals surface area contributed by atoms with Crippen molar-refractivity contribution in [2.75, 3.05) is 13.6 Å². The molecule has 3 rings (SSSR count). The van der Waals surface area contributed by atoms with Gasteiger partial charge in [-0.1, -0.05) is 43.3 Å². The van der Waals surface area contributed by atoms with E-state index in [0.717, 1.165) is 12.1 Å². The molecule has 3 aromatic rings. The van der Waals surface area contributed by atoms with Crippen molar-refractivity contribution in [3.05, 3.63) is 84.2 Å². The molecule has 0 saturated carbocycles. The summed E-state index contributed by atoms with van der Waals surface area (Å²) < 4.78 is 16.0. The predicted molar refractivity (Wildman–Crippen MR) is 107 cm³/mol. The standard InChI is InChI=1S/C21H24FN5/c1-16(18-6-4-3-5-7-18)13-25-21(23-2)26-14-17-8-9-20(19(22)12-17)27-11-10-24-15-27/h3-12,15-16H,13-14H2,1-2H3,(H2,23,25,26). The Morgan fingerprint density at radius 1 is 1.19 bits per heavy atom. The van der Waals surface area contributed by atoms with Crippen LogP contribution in [0, 0.1) is 5.82 Å². The number of imidazole rings is 1. The van der Waals surface area contributed by atoms with Crippen LogP contribution in [0.2, 0.25) is 0 Å². The van der Waals surface area contributed by atoms with Gasteiger partial charge in [0.15, 0.2) is 5.96 Å². The number of hydrogen-bond acceptors (Lipinski definition) is 2. The first-order chi connectivity index (χ1) is 13.2. The summed E-state index contributed by atoms with van der Waals surface area (Å²) in [5, 5.41) is 6.55. The van der Waals surface area contributed by atoms with Crippen molar-refractivity contribution in [2.24, 2.45) is 4.99 Å². The van der Waals surface area contributed by atoms with Gasteiger partial charge in [0.1, 0.15) is 5.82 Å². The van der Waals surface area contributed by atoms with Crippen LogP contribution >= 0.6 is 0 Å². The largest absolute Gasteiger partial charge is 0.356 e. The number of hydrogen-bond donors (Lipinski definition) is 2. The number of benzene rings is 2. The van der Waals surface area contributed by atoms with E-state index in [1.165, 1.54) is 11.6 Å². The maximum Gasteiger partial charge on any atom is 0.191 e. The van der Waals surface area contributed by atoms with Crippen LogP contribution in [-0.4, -0.2) is 29.1 Å². The van der Waals surface area contributed by atoms with E-state index in [4.69, 9.17) is 0 Å². The zero-order chi connectivity index (χ0) is 19.1. The van der Waals surface area contributed by atoms with Gasteiger partial charge in [0.25, 0.3) is 0 Å². The zero-order valence-corrected chi connectivity index (χ0v) is 15.6. The molecule has 0 aliphatic carbocycles. The third-order valence-electron chi connectivity index (χ3n) is 4.42. The molecule has 0 spiro atoms. The minimum absolute atomic E-state index is 0.284. The average molecular weight is 365 g/mol. The number of halogens is 1. The van der Waals surface area contributed by atoms with Gasteiger partial charge >= 0.3 is 0 Å². The summed E-state index contributed by atoms with van der Waals surface area (Å²) in [6, 6.07) is 15.5. The van der Waals surface area contributed by atoms with Gasteiger partial charge in [0.05, 0.1) is 12.0 Å². The van der Waals surface area contributed by atoms with E-state index in [0.29, 0.717) is 24.1 Å². The van der Waals surface area contributed by atoms with Gasteiger partial charge < -0.3 is 15.2 Å². The molecule has 0 bridgehead atoms. The lowest BCUT2D eigenvalue weighted by molar-refractivity contribution is 0.614. The van der Waals surface area contributed by atoms with E-state index in [2.05, 4.69) is 39.7 Å². The summed E-state index contributed by atoms with van der Waals surface area (Å²) >= 11 is 0. The summed E-state index contributed by atoms with van der Waals surface area (Å²) in [4.78, 5) is 8.19. The fourth-order valence-corrected chi connectivity index (χ4v) is 2.83. The van der Waals surface area contributed by atoms with Crippen molar-refractivity contribution in [3.8, 4) is 5.69 Å². The van der Waals surface area contributed by atoms with E-state index in [9.17, 15) is 4.39 Å². The van der Waals surface area contributed by atoms with Gasteiger partial charge in [0.2, 0.25) is 0 Å². The normalized spacial score (nSPS) is 12.6. The molecule has 0 saturated heterocycles. The maximum atomic E-state index is 14.3. The summed E-state index contributed by atoms with van der Waals surface area (Å²) in [5.74, 6) is 0.765. The van der Waals surface area contributed by atoms with Crippen molar-refractivity contribution in [3.63, 3.8) is 0 Å². The molecule has 1 aromatic heterocycles. The second-order valence-electron chi connectivity index (χ2n) is 6.37. The van der Waals surface area contributed by atoms with E-state index in [1.807, 2.05) is 24.3 Å². The van der Waals surface area contributed by atoms with Crippen molar-refractivity contribution >= 4 is 5.96 Å². The first kappa shape index (κ1) is 18.6. The fraction of sp³-hybridized carbons (Fsp3) is 0.238. The fourth-order valence-electron chi connectivity index (χ4n) is 2.83. The van der Waals surface area contributed by atoms with Crippen LogP contribution < -0.4 is 10.6 Å². The van der Waals surface area contributed by atoms with Crippen LogP contribution in [0.1, 0.15) is 24.0 Å². The third-order valence-corrected chi connectivity index (χ3v) is 4.42. The Balaban J connectivity index is 1.54. The molecule has 1 atom stereocenters. The molecule has 0 radical (unpaired) electrons. The van der Waals surface area contributed by atoms with Crippen LogP contribution in [0.15, 0.2) is 72.2 Å². The van der Waals surface area contributed by atoms with Crippen LogP contribution in [0.3, 0.4) is 0 Å².